The third kappa shape index (κ3) is 3.18. The lowest BCUT2D eigenvalue weighted by molar-refractivity contribution is -0.759. The fourth-order valence-electron chi connectivity index (χ4n) is 3.52. The van der Waals surface area contributed by atoms with Gasteiger partial charge in [0.15, 0.2) is 0 Å². The number of rotatable bonds is 4. The van der Waals surface area contributed by atoms with Crippen molar-refractivity contribution in [2.75, 3.05) is 37.0 Å². The Morgan fingerprint density at radius 1 is 1.39 bits per heavy atom. The van der Waals surface area contributed by atoms with Gasteiger partial charge in [-0.2, -0.15) is 0 Å². The number of nitrogen functional groups attached to an aromatic ring is 1. The predicted molar refractivity (Wildman–Crippen MR) is 105 cm³/mol. The summed E-state index contributed by atoms with van der Waals surface area (Å²) >= 11 is 1.26. The van der Waals surface area contributed by atoms with Crippen molar-refractivity contribution >= 4 is 39.0 Å². The van der Waals surface area contributed by atoms with Gasteiger partial charge in [-0.15, -0.1) is 16.3 Å². The van der Waals surface area contributed by atoms with Gasteiger partial charge < -0.3 is 15.6 Å². The summed E-state index contributed by atoms with van der Waals surface area (Å²) in [7, 11) is 0. The van der Waals surface area contributed by atoms with E-state index in [1.807, 2.05) is 18.9 Å². The summed E-state index contributed by atoms with van der Waals surface area (Å²) in [6, 6.07) is 0. The zero-order chi connectivity index (χ0) is 19.8. The minimum Gasteiger partial charge on any atom is -0.857 e. The van der Waals surface area contributed by atoms with Crippen LogP contribution in [0.4, 0.5) is 11.6 Å². The predicted octanol–water partition coefficient (Wildman–Crippen LogP) is 0.740. The molecule has 4 rings (SSSR count). The van der Waals surface area contributed by atoms with E-state index in [-0.39, 0.29) is 5.88 Å². The largest absolute Gasteiger partial charge is 0.857 e. The van der Waals surface area contributed by atoms with Crippen LogP contribution in [0.5, 0.6) is 0 Å². The number of fused-ring (bicyclic) bond motifs is 1. The lowest BCUT2D eigenvalue weighted by Gasteiger charge is -2.18. The van der Waals surface area contributed by atoms with Crippen LogP contribution in [0.2, 0.25) is 0 Å². The first kappa shape index (κ1) is 18.6. The minimum atomic E-state index is -0.458. The normalized spacial score (nSPS) is 15.5. The van der Waals surface area contributed by atoms with E-state index in [1.54, 1.807) is 11.0 Å². The summed E-state index contributed by atoms with van der Waals surface area (Å²) in [5.41, 5.74) is 9.93. The number of aryl methyl sites for hydroxylation is 2. The molecule has 0 unspecified atom stereocenters. The molecule has 1 saturated heterocycles. The summed E-state index contributed by atoms with van der Waals surface area (Å²) in [4.78, 5) is 11.4. The van der Waals surface area contributed by atoms with Crippen LogP contribution in [-0.4, -0.2) is 42.5 Å². The van der Waals surface area contributed by atoms with E-state index in [4.69, 9.17) is 15.0 Å². The first-order valence-electron chi connectivity index (χ1n) is 9.15. The molecule has 0 radical (unpaired) electrons. The summed E-state index contributed by atoms with van der Waals surface area (Å²) in [6.45, 7) is 8.71. The number of nitrogens with zero attached hydrogens (tertiary/aromatic N) is 5. The van der Waals surface area contributed by atoms with E-state index < -0.39 is 5.90 Å². The van der Waals surface area contributed by atoms with Crippen molar-refractivity contribution < 1.29 is 19.2 Å². The van der Waals surface area contributed by atoms with Crippen LogP contribution in [-0.2, 0) is 11.2 Å². The van der Waals surface area contributed by atoms with Gasteiger partial charge in [0, 0.05) is 17.0 Å². The molecule has 3 aromatic rings. The first-order valence-corrected chi connectivity index (χ1v) is 9.97. The Morgan fingerprint density at radius 2 is 2.14 bits per heavy atom. The van der Waals surface area contributed by atoms with Crippen molar-refractivity contribution in [2.24, 2.45) is 4.99 Å². The smallest absolute Gasteiger partial charge is 0.324 e. The van der Waals surface area contributed by atoms with Crippen molar-refractivity contribution in [3.63, 3.8) is 0 Å². The Hall–Kier alpha value is -2.72. The number of anilines is 1. The highest BCUT2D eigenvalue weighted by Gasteiger charge is 2.23. The fourth-order valence-corrected chi connectivity index (χ4v) is 4.60. The number of nitrogens with two attached hydrogens (primary N) is 1. The molecule has 148 valence electrons. The molecular formula is C18H22N6O3S. The van der Waals surface area contributed by atoms with Gasteiger partial charge in [0.25, 0.3) is 6.20 Å². The van der Waals surface area contributed by atoms with Crippen molar-refractivity contribution in [3.05, 3.63) is 27.9 Å². The van der Waals surface area contributed by atoms with Crippen molar-refractivity contribution in [1.82, 2.24) is 10.3 Å². The molecule has 4 heterocycles. The molecule has 0 atom stereocenters. The number of hydrogen-bond donors (Lipinski definition) is 1. The Bertz CT molecular complexity index is 1050. The number of morpholine rings is 1. The number of pyridine rings is 1. The molecule has 0 aliphatic carbocycles. The molecule has 0 bridgehead atoms. The van der Waals surface area contributed by atoms with Gasteiger partial charge in [-0.05, 0) is 31.4 Å². The minimum absolute atomic E-state index is 0.128. The summed E-state index contributed by atoms with van der Waals surface area (Å²) in [5, 5.41) is 19.5. The number of ether oxygens (including phenoxy) is 1. The molecule has 1 aliphatic heterocycles. The summed E-state index contributed by atoms with van der Waals surface area (Å²) in [5.74, 6) is -0.329. The van der Waals surface area contributed by atoms with Crippen LogP contribution in [0, 0.1) is 13.8 Å². The van der Waals surface area contributed by atoms with Crippen molar-refractivity contribution in [3.8, 4) is 0 Å². The van der Waals surface area contributed by atoms with Crippen LogP contribution in [0.3, 0.4) is 0 Å². The number of aromatic nitrogens is 3. The van der Waals surface area contributed by atoms with Gasteiger partial charge >= 0.3 is 5.88 Å². The summed E-state index contributed by atoms with van der Waals surface area (Å²) < 4.78 is 10.5. The standard InChI is InChI=1S/C18H22N6O3S/c1-4-12-10(2)14-15(19)16(28-18(14)20-11(12)3)17(25)21-13-9-24(22-27-13)23-5-7-26-8-6-23/h9H,4-8H2,1-3H3,(H2-,19,21,22,25). The van der Waals surface area contributed by atoms with Gasteiger partial charge in [0.2, 0.25) is 5.27 Å². The van der Waals surface area contributed by atoms with Gasteiger partial charge in [0.05, 0.1) is 41.7 Å². The molecule has 10 heteroatoms. The van der Waals surface area contributed by atoms with Crippen LogP contribution in [0.25, 0.3) is 10.2 Å². The third-order valence-corrected chi connectivity index (χ3v) is 6.03. The Labute approximate surface area is 166 Å². The second-order valence-corrected chi connectivity index (χ2v) is 7.62. The maximum atomic E-state index is 12.7. The SMILES string of the molecule is CCc1c(C)nc2sc(/C([O-])=N/c3c[n+](N4CCOCC4)no3)c(N)c2c1C. The number of thiophene rings is 1. The zero-order valence-corrected chi connectivity index (χ0v) is 16.9. The van der Waals surface area contributed by atoms with E-state index in [2.05, 4.69) is 22.2 Å². The lowest BCUT2D eigenvalue weighted by atomic mass is 10.0. The van der Waals surface area contributed by atoms with E-state index in [9.17, 15) is 5.11 Å². The van der Waals surface area contributed by atoms with E-state index in [0.29, 0.717) is 36.9 Å². The van der Waals surface area contributed by atoms with E-state index >= 15 is 0 Å². The van der Waals surface area contributed by atoms with E-state index in [0.717, 1.165) is 33.5 Å². The molecule has 9 nitrogen and oxygen atoms in total. The Morgan fingerprint density at radius 3 is 2.86 bits per heavy atom. The highest BCUT2D eigenvalue weighted by molar-refractivity contribution is 7.21. The van der Waals surface area contributed by atoms with Crippen molar-refractivity contribution in [1.29, 1.82) is 0 Å². The van der Waals surface area contributed by atoms with Crippen LogP contribution >= 0.6 is 11.3 Å². The Balaban J connectivity index is 1.69. The maximum absolute atomic E-state index is 12.7. The fraction of sp³-hybridized carbons (Fsp3) is 0.444. The van der Waals surface area contributed by atoms with Gasteiger partial charge in [0.1, 0.15) is 4.83 Å². The highest BCUT2D eigenvalue weighted by Crippen LogP contribution is 2.37. The van der Waals surface area contributed by atoms with E-state index in [1.165, 1.54) is 11.3 Å². The molecule has 0 saturated carbocycles. The molecule has 1 fully saturated rings. The monoisotopic (exact) mass is 402 g/mol. The lowest BCUT2D eigenvalue weighted by Crippen LogP contribution is -2.62. The van der Waals surface area contributed by atoms with Crippen LogP contribution in [0.1, 0.15) is 28.6 Å². The molecule has 0 amide bonds. The topological polar surface area (TPSA) is 117 Å². The highest BCUT2D eigenvalue weighted by atomic mass is 32.1. The third-order valence-electron chi connectivity index (χ3n) is 4.94. The molecule has 2 N–H and O–H groups in total. The van der Waals surface area contributed by atoms with Crippen molar-refractivity contribution in [2.45, 2.75) is 27.2 Å². The second-order valence-electron chi connectivity index (χ2n) is 6.62. The van der Waals surface area contributed by atoms with Gasteiger partial charge in [-0.1, -0.05) is 6.92 Å². The summed E-state index contributed by atoms with van der Waals surface area (Å²) in [6.07, 6.45) is 2.44. The molecule has 28 heavy (non-hydrogen) atoms. The first-order chi connectivity index (χ1) is 13.5. The maximum Gasteiger partial charge on any atom is 0.324 e. The number of aliphatic imine (C=N–C) groups is 1. The van der Waals surface area contributed by atoms with Crippen LogP contribution < -0.4 is 20.6 Å². The molecule has 0 spiro atoms. The number of hydrogen-bond acceptors (Lipinski definition) is 9. The molecule has 0 aromatic carbocycles. The molecule has 3 aromatic heterocycles. The van der Waals surface area contributed by atoms with Crippen LogP contribution in [0.15, 0.2) is 15.7 Å². The zero-order valence-electron chi connectivity index (χ0n) is 16.1. The Kier molecular flexibility index (Phi) is 4.90. The van der Waals surface area contributed by atoms with Gasteiger partial charge in [-0.25, -0.2) is 9.98 Å². The van der Waals surface area contributed by atoms with Gasteiger partial charge in [-0.3, -0.25) is 4.52 Å². The second kappa shape index (κ2) is 7.36. The molecular weight excluding hydrogens is 380 g/mol. The average molecular weight is 402 g/mol. The average Bonchev–Trinajstić information content (AvgIpc) is 3.27. The quantitative estimate of drug-likeness (QED) is 0.389. The molecule has 1 aliphatic rings.